The molecule has 21 heavy (non-hydrogen) atoms. The Balaban J connectivity index is 0.00000441. The third kappa shape index (κ3) is 6.38. The van der Waals surface area contributed by atoms with E-state index in [1.807, 2.05) is 20.9 Å². The fourth-order valence-corrected chi connectivity index (χ4v) is 1.74. The molecule has 1 N–H and O–H groups in total. The minimum absolute atomic E-state index is 0. The Morgan fingerprint density at radius 3 is 2.76 bits per heavy atom. The van der Waals surface area contributed by atoms with Crippen LogP contribution in [0, 0.1) is 5.82 Å². The number of aliphatic imine (C=N–C) groups is 2. The lowest BCUT2D eigenvalue weighted by molar-refractivity contribution is 0.482. The van der Waals surface area contributed by atoms with E-state index in [0.717, 1.165) is 25.2 Å². The summed E-state index contributed by atoms with van der Waals surface area (Å²) in [4.78, 5) is 10.9. The molecule has 0 aliphatic heterocycles. The smallest absolute Gasteiger partial charge is 0.224 e. The number of benzene rings is 1. The topological polar surface area (TPSA) is 40.0 Å². The third-order valence-corrected chi connectivity index (χ3v) is 3.06. The maximum Gasteiger partial charge on any atom is 0.224 e. The van der Waals surface area contributed by atoms with Gasteiger partial charge in [0.1, 0.15) is 11.7 Å². The zero-order chi connectivity index (χ0) is 15.7. The number of halogens is 1. The summed E-state index contributed by atoms with van der Waals surface area (Å²) in [6.45, 7) is 7.64. The molecular weight excluding hydrogens is 267 g/mol. The molecule has 0 spiro atoms. The summed E-state index contributed by atoms with van der Waals surface area (Å²) in [5, 5.41) is 3.06. The Kier molecular flexibility index (Phi) is 7.43. The van der Waals surface area contributed by atoms with Crippen LogP contribution in [0.15, 0.2) is 34.3 Å². The molecule has 0 heterocycles. The van der Waals surface area contributed by atoms with Crippen LogP contribution < -0.4 is 5.32 Å². The van der Waals surface area contributed by atoms with E-state index < -0.39 is 0 Å². The normalized spacial score (nSPS) is 12.4. The van der Waals surface area contributed by atoms with Crippen LogP contribution in [0.4, 0.5) is 10.1 Å². The fraction of sp³-hybridized carbons (Fsp3) is 0.500. The molecule has 0 aliphatic carbocycles. The van der Waals surface area contributed by atoms with E-state index in [-0.39, 0.29) is 7.24 Å². The third-order valence-electron chi connectivity index (χ3n) is 3.06. The van der Waals surface area contributed by atoms with Crippen molar-refractivity contribution in [3.8, 4) is 0 Å². The molecule has 1 rings (SSSR count). The number of nitrogens with one attached hydrogen (secondary N) is 1. The lowest BCUT2D eigenvalue weighted by Gasteiger charge is -2.18. The number of guanidine groups is 1. The highest BCUT2D eigenvalue weighted by molar-refractivity contribution is 6.02. The molecule has 0 radical (unpaired) electrons. The summed E-state index contributed by atoms with van der Waals surface area (Å²) in [7, 11) is 2.01. The van der Waals surface area contributed by atoms with Crippen LogP contribution in [-0.4, -0.2) is 36.8 Å². The summed E-state index contributed by atoms with van der Waals surface area (Å²) in [5.74, 6) is 1.11. The SMILES string of the molecule is CCCCN(C)/C(C)=N/C(=NCC)Nc1cccc(F)c1.[HH]. The van der Waals surface area contributed by atoms with Gasteiger partial charge in [-0.15, -0.1) is 0 Å². The second-order valence-corrected chi connectivity index (χ2v) is 4.87. The van der Waals surface area contributed by atoms with Crippen molar-refractivity contribution in [2.75, 3.05) is 25.5 Å². The zero-order valence-electron chi connectivity index (χ0n) is 13.4. The van der Waals surface area contributed by atoms with Gasteiger partial charge in [-0.3, -0.25) is 4.99 Å². The van der Waals surface area contributed by atoms with Gasteiger partial charge in [0, 0.05) is 27.3 Å². The molecule has 1 aromatic carbocycles. The van der Waals surface area contributed by atoms with Crippen molar-refractivity contribution in [3.63, 3.8) is 0 Å². The number of amidine groups is 1. The molecule has 0 unspecified atom stereocenters. The van der Waals surface area contributed by atoms with E-state index in [2.05, 4.69) is 27.1 Å². The zero-order valence-corrected chi connectivity index (χ0v) is 13.4. The van der Waals surface area contributed by atoms with Crippen molar-refractivity contribution >= 4 is 17.5 Å². The number of hydrogen-bond acceptors (Lipinski definition) is 1. The Labute approximate surface area is 128 Å². The van der Waals surface area contributed by atoms with Gasteiger partial charge in [-0.05, 0) is 38.5 Å². The van der Waals surface area contributed by atoms with Gasteiger partial charge in [0.05, 0.1) is 0 Å². The lowest BCUT2D eigenvalue weighted by Crippen LogP contribution is -2.27. The van der Waals surface area contributed by atoms with E-state index in [9.17, 15) is 4.39 Å². The molecule has 0 saturated heterocycles. The minimum atomic E-state index is -0.281. The van der Waals surface area contributed by atoms with Gasteiger partial charge in [0.15, 0.2) is 0 Å². The fourth-order valence-electron chi connectivity index (χ4n) is 1.74. The Morgan fingerprint density at radius 2 is 2.14 bits per heavy atom. The van der Waals surface area contributed by atoms with Gasteiger partial charge in [-0.1, -0.05) is 19.4 Å². The molecule has 0 fully saturated rings. The second kappa shape index (κ2) is 9.10. The van der Waals surface area contributed by atoms with Crippen LogP contribution in [0.25, 0.3) is 0 Å². The predicted octanol–water partition coefficient (Wildman–Crippen LogP) is 4.01. The minimum Gasteiger partial charge on any atom is -0.363 e. The summed E-state index contributed by atoms with van der Waals surface area (Å²) >= 11 is 0. The molecule has 118 valence electrons. The molecule has 0 bridgehead atoms. The van der Waals surface area contributed by atoms with Crippen LogP contribution in [0.3, 0.4) is 0 Å². The number of anilines is 1. The van der Waals surface area contributed by atoms with E-state index in [1.54, 1.807) is 12.1 Å². The van der Waals surface area contributed by atoms with Crippen LogP contribution in [0.5, 0.6) is 0 Å². The van der Waals surface area contributed by atoms with Crippen LogP contribution in [-0.2, 0) is 0 Å². The quantitative estimate of drug-likeness (QED) is 0.658. The molecule has 4 nitrogen and oxygen atoms in total. The molecule has 5 heteroatoms. The summed E-state index contributed by atoms with van der Waals surface area (Å²) in [6.07, 6.45) is 2.27. The first-order valence-corrected chi connectivity index (χ1v) is 7.40. The average Bonchev–Trinajstić information content (AvgIpc) is 2.44. The van der Waals surface area contributed by atoms with Crippen LogP contribution >= 0.6 is 0 Å². The highest BCUT2D eigenvalue weighted by atomic mass is 19.1. The summed E-state index contributed by atoms with van der Waals surface area (Å²) in [5.41, 5.74) is 0.648. The molecule has 0 aromatic heterocycles. The van der Waals surface area contributed by atoms with Crippen molar-refractivity contribution in [3.05, 3.63) is 30.1 Å². The second-order valence-electron chi connectivity index (χ2n) is 4.87. The molecule has 0 aliphatic rings. The van der Waals surface area contributed by atoms with Gasteiger partial charge in [-0.2, -0.15) is 0 Å². The summed E-state index contributed by atoms with van der Waals surface area (Å²) in [6, 6.07) is 6.29. The standard InChI is InChI=1S/C16H25FN4.H2/c1-5-7-11-21(4)13(3)19-16(18-6-2)20-15-10-8-9-14(17)12-15;/h8-10,12H,5-7,11H2,1-4H3,(H,18,20);1H/b19-13+;. The maximum absolute atomic E-state index is 13.2. The van der Waals surface area contributed by atoms with Crippen molar-refractivity contribution in [1.82, 2.24) is 4.90 Å². The van der Waals surface area contributed by atoms with Gasteiger partial charge in [0.2, 0.25) is 5.96 Å². The highest BCUT2D eigenvalue weighted by Crippen LogP contribution is 2.09. The number of rotatable bonds is 5. The average molecular weight is 294 g/mol. The first kappa shape index (κ1) is 17.1. The Morgan fingerprint density at radius 1 is 1.38 bits per heavy atom. The maximum atomic E-state index is 13.2. The van der Waals surface area contributed by atoms with E-state index in [0.29, 0.717) is 18.2 Å². The monoisotopic (exact) mass is 294 g/mol. The van der Waals surface area contributed by atoms with Crippen molar-refractivity contribution in [2.45, 2.75) is 33.6 Å². The summed E-state index contributed by atoms with van der Waals surface area (Å²) < 4.78 is 13.2. The molecular formula is C16H27FN4. The molecule has 0 amide bonds. The van der Waals surface area contributed by atoms with E-state index in [4.69, 9.17) is 0 Å². The predicted molar refractivity (Wildman–Crippen MR) is 90.8 cm³/mol. The van der Waals surface area contributed by atoms with Crippen molar-refractivity contribution < 1.29 is 5.82 Å². The van der Waals surface area contributed by atoms with Crippen LogP contribution in [0.2, 0.25) is 0 Å². The van der Waals surface area contributed by atoms with Gasteiger partial charge < -0.3 is 10.2 Å². The first-order chi connectivity index (χ1) is 10.1. The van der Waals surface area contributed by atoms with Crippen molar-refractivity contribution in [1.29, 1.82) is 0 Å². The number of hydrogen-bond donors (Lipinski definition) is 1. The highest BCUT2D eigenvalue weighted by Gasteiger charge is 2.04. The van der Waals surface area contributed by atoms with Gasteiger partial charge in [0.25, 0.3) is 0 Å². The van der Waals surface area contributed by atoms with Gasteiger partial charge >= 0.3 is 0 Å². The lowest BCUT2D eigenvalue weighted by atomic mass is 10.3. The van der Waals surface area contributed by atoms with Crippen LogP contribution in [0.1, 0.15) is 35.0 Å². The molecule has 1 aromatic rings. The Bertz CT molecular complexity index is 503. The molecule has 0 atom stereocenters. The largest absolute Gasteiger partial charge is 0.363 e. The van der Waals surface area contributed by atoms with Crippen molar-refractivity contribution in [2.24, 2.45) is 9.98 Å². The number of nitrogens with zero attached hydrogens (tertiary/aromatic N) is 3. The molecule has 0 saturated carbocycles. The number of unbranched alkanes of at least 4 members (excludes halogenated alkanes) is 1. The van der Waals surface area contributed by atoms with Gasteiger partial charge in [-0.25, -0.2) is 9.38 Å². The Hall–Kier alpha value is -1.91. The first-order valence-electron chi connectivity index (χ1n) is 7.40. The van der Waals surface area contributed by atoms with E-state index >= 15 is 0 Å². The van der Waals surface area contributed by atoms with E-state index in [1.165, 1.54) is 12.1 Å².